The monoisotopic (exact) mass is 1110 g/mol. The molecule has 0 N–H and O–H groups in total. The van der Waals surface area contributed by atoms with Gasteiger partial charge in [-0.2, -0.15) is 5.26 Å². The van der Waals surface area contributed by atoms with Crippen LogP contribution in [0.5, 0.6) is 0 Å². The van der Waals surface area contributed by atoms with E-state index in [9.17, 15) is 14.9 Å². The summed E-state index contributed by atoms with van der Waals surface area (Å²) in [6.45, 7) is 46.8. The quantitative estimate of drug-likeness (QED) is 0.0620. The number of nitriles is 1. The van der Waals surface area contributed by atoms with E-state index in [1.165, 1.54) is 48.3 Å². The summed E-state index contributed by atoms with van der Waals surface area (Å²) < 4.78 is 38.4. The van der Waals surface area contributed by atoms with Gasteiger partial charge in [0.15, 0.2) is 23.1 Å². The van der Waals surface area contributed by atoms with Crippen molar-refractivity contribution >= 4 is 35.1 Å². The van der Waals surface area contributed by atoms with Crippen molar-refractivity contribution in [3.63, 3.8) is 0 Å². The third-order valence-corrected chi connectivity index (χ3v) is 19.4. The van der Waals surface area contributed by atoms with E-state index < -0.39 is 17.4 Å². The van der Waals surface area contributed by atoms with E-state index in [-0.39, 0.29) is 114 Å². The van der Waals surface area contributed by atoms with Crippen molar-refractivity contribution in [1.29, 1.82) is 5.26 Å². The zero-order valence-corrected chi connectivity index (χ0v) is 51.6. The second kappa shape index (κ2) is 26.4. The Hall–Kier alpha value is -1.46. The fourth-order valence-corrected chi connectivity index (χ4v) is 15.7. The Morgan fingerprint density at radius 1 is 0.560 bits per heavy atom. The van der Waals surface area contributed by atoms with Gasteiger partial charge in [0.1, 0.15) is 6.29 Å². The van der Waals surface area contributed by atoms with Crippen LogP contribution in [0.15, 0.2) is 55.7 Å². The van der Waals surface area contributed by atoms with Crippen molar-refractivity contribution < 1.29 is 55.0 Å². The Balaban J connectivity index is 0.000000236. The molecule has 3 saturated heterocycles. The Kier molecular flexibility index (Phi) is 23.3. The molecule has 0 aromatic heterocycles. The number of allylic oxidation sites excluding steroid dienone is 4. The molecule has 0 bridgehead atoms. The molecule has 0 aromatic carbocycles. The molecule has 0 aromatic rings. The molecule has 0 radical (unpaired) electrons. The van der Waals surface area contributed by atoms with Gasteiger partial charge in [0, 0.05) is 65.1 Å². The molecule has 9 fully saturated rings. The average Bonchev–Trinajstić information content (AvgIpc) is 4.00. The number of nitrogens with zero attached hydrogens (tertiary/aromatic N) is 1. The van der Waals surface area contributed by atoms with Gasteiger partial charge in [-0.1, -0.05) is 84.1 Å². The number of fused-ring (bicyclic) bond motifs is 6. The summed E-state index contributed by atoms with van der Waals surface area (Å²) in [5.74, 6) is -0.704. The van der Waals surface area contributed by atoms with Crippen LogP contribution in [0.25, 0.3) is 0 Å². The number of carbonyl (C=O) groups excluding carboxylic acids is 2. The van der Waals surface area contributed by atoms with E-state index in [0.717, 1.165) is 142 Å². The summed E-state index contributed by atoms with van der Waals surface area (Å²) in [5, 5.41) is 9.77. The number of ether oxygens (including phenoxy) is 6. The van der Waals surface area contributed by atoms with E-state index in [4.69, 9.17) is 28.4 Å². The van der Waals surface area contributed by atoms with Crippen molar-refractivity contribution in [2.45, 2.75) is 215 Å². The normalized spacial score (nSPS) is 35.4. The zero-order valence-electron chi connectivity index (χ0n) is 48.6. The Bertz CT molecular complexity index is 2010. The van der Waals surface area contributed by atoms with Crippen LogP contribution in [-0.4, -0.2) is 92.1 Å². The van der Waals surface area contributed by atoms with Crippen molar-refractivity contribution in [2.24, 2.45) is 68.0 Å². The van der Waals surface area contributed by atoms with Gasteiger partial charge >= 0.3 is 23.1 Å². The first kappa shape index (κ1) is 66.1. The van der Waals surface area contributed by atoms with E-state index >= 15 is 0 Å². The van der Waals surface area contributed by atoms with Gasteiger partial charge in [-0.3, -0.25) is 11.4 Å². The summed E-state index contributed by atoms with van der Waals surface area (Å²) >= 11 is 0. The summed E-state index contributed by atoms with van der Waals surface area (Å²) in [4.78, 5) is 24.5. The largest absolute Gasteiger partial charge is 2.00 e. The second-order valence-corrected chi connectivity index (χ2v) is 27.5. The number of halogens is 1. The number of carbonyl (C=O) groups is 2. The maximum atomic E-state index is 12.7. The summed E-state index contributed by atoms with van der Waals surface area (Å²) in [5.41, 5.74) is 4.43. The fraction of sp³-hybridized carbons (Fsp3) is 0.797. The molecule has 0 amide bonds. The van der Waals surface area contributed by atoms with Gasteiger partial charge in [-0.25, -0.2) is 0 Å². The van der Waals surface area contributed by atoms with Crippen LogP contribution in [0.4, 0.5) is 0 Å². The first-order chi connectivity index (χ1) is 34.4. The first-order valence-electron chi connectivity index (χ1n) is 28.6. The van der Waals surface area contributed by atoms with Crippen molar-refractivity contribution in [1.82, 2.24) is 0 Å². The van der Waals surface area contributed by atoms with Gasteiger partial charge < -0.3 is 56.8 Å². The molecule has 6 saturated carbocycles. The van der Waals surface area contributed by atoms with Crippen LogP contribution in [0.2, 0.25) is 0 Å². The molecule has 11 heteroatoms. The average molecular weight is 1120 g/mol. The topological polar surface area (TPSA) is 113 Å². The molecule has 3 heterocycles. The molecule has 418 valence electrons. The van der Waals surface area contributed by atoms with Crippen LogP contribution >= 0.6 is 0 Å². The van der Waals surface area contributed by atoms with Gasteiger partial charge in [0.25, 0.3) is 0 Å². The van der Waals surface area contributed by atoms with Crippen molar-refractivity contribution in [2.75, 3.05) is 39.6 Å². The number of ketones is 1. The number of rotatable bonds is 12. The first-order valence-corrected chi connectivity index (χ1v) is 28.6. The Morgan fingerprint density at radius 3 is 1.25 bits per heavy atom. The standard InChI is InChI=1S/C22H34O3.C20H31NO2.C20H32O3.C2H3.BrH.Mg/c1-6-18(23)17-8-7-10-21(11-9-16(2)3)12-13-22(19(17)21)24-14-20(4,5)15-25-22;2*1-15(2)7-9-19-8-5-6-16(12-21)17(19)20(11-10-19)22-13-18(3,4)14-23-20;1-2;;/h6,17,19H,1-2,7-15H2,3-5H3;16-17H,1,5-11,13-14H2,2-4H3;12,16-17H,1,5-11,13-14H2,2-4H3;1H,2H2;1H;/q;;;-1;;+2/p-1. The van der Waals surface area contributed by atoms with E-state index in [1.54, 1.807) is 0 Å². The summed E-state index contributed by atoms with van der Waals surface area (Å²) in [7, 11) is 0. The molecule has 9 aliphatic rings. The Morgan fingerprint density at radius 2 is 0.893 bits per heavy atom. The molecular weight excluding hydrogens is 1010 g/mol. The number of aldehydes is 1. The zero-order chi connectivity index (χ0) is 53.7. The molecule has 9 atom stereocenters. The molecule has 6 aliphatic carbocycles. The number of hydrogen-bond donors (Lipinski definition) is 0. The van der Waals surface area contributed by atoms with Crippen LogP contribution < -0.4 is 17.0 Å². The van der Waals surface area contributed by atoms with Gasteiger partial charge in [-0.05, 0) is 139 Å². The predicted molar refractivity (Wildman–Crippen MR) is 297 cm³/mol. The molecule has 9 nitrogen and oxygen atoms in total. The minimum atomic E-state index is -0.575. The van der Waals surface area contributed by atoms with Gasteiger partial charge in [0.2, 0.25) is 0 Å². The van der Waals surface area contributed by atoms with Crippen LogP contribution in [0.3, 0.4) is 0 Å². The SMILES string of the molecule is C=C(C)CCC12CCCC(C#N)C1C1(CC2)OCC(C)(C)CO1.C=C(C)CCC12CCCC(C=O)C1C1(CC2)OCC(C)(C)CO1.C=CC(=O)C1CCCC2(CCC(=C)C)CCC3(OCC(C)(C)CO3)C12.[Br-].[CH-]=C.[Mg+2]. The van der Waals surface area contributed by atoms with Crippen LogP contribution in [0, 0.1) is 85.9 Å². The number of hydrogen-bond acceptors (Lipinski definition) is 9. The minimum absolute atomic E-state index is 0. The molecule has 75 heavy (non-hydrogen) atoms. The van der Waals surface area contributed by atoms with Gasteiger partial charge in [-0.15, -0.1) is 19.7 Å². The summed E-state index contributed by atoms with van der Waals surface area (Å²) in [6.07, 6.45) is 25.2. The fourth-order valence-electron chi connectivity index (χ4n) is 15.7. The van der Waals surface area contributed by atoms with Crippen LogP contribution in [-0.2, 0) is 38.0 Å². The van der Waals surface area contributed by atoms with E-state index in [0.29, 0.717) is 13.2 Å². The van der Waals surface area contributed by atoms with E-state index in [2.05, 4.69) is 108 Å². The summed E-state index contributed by atoms with van der Waals surface area (Å²) in [6, 6.07) is 2.60. The molecular formula is C64H100BrMgNO8. The third-order valence-electron chi connectivity index (χ3n) is 19.4. The third kappa shape index (κ3) is 14.4. The molecule has 3 spiro atoms. The van der Waals surface area contributed by atoms with E-state index in [1.807, 2.05) is 0 Å². The molecule has 9 rings (SSSR count). The van der Waals surface area contributed by atoms with Gasteiger partial charge in [0.05, 0.1) is 51.6 Å². The maximum absolute atomic E-state index is 12.7. The van der Waals surface area contributed by atoms with Crippen molar-refractivity contribution in [3.05, 3.63) is 62.3 Å². The van der Waals surface area contributed by atoms with Crippen molar-refractivity contribution in [3.8, 4) is 6.07 Å². The smallest absolute Gasteiger partial charge is 1.00 e. The predicted octanol–water partition coefficient (Wildman–Crippen LogP) is 11.6. The maximum Gasteiger partial charge on any atom is 2.00 e. The molecule has 3 aliphatic heterocycles. The molecule has 9 unspecified atom stereocenters. The Labute approximate surface area is 482 Å². The minimum Gasteiger partial charge on any atom is -1.00 e. The second-order valence-electron chi connectivity index (χ2n) is 27.5. The van der Waals surface area contributed by atoms with Crippen LogP contribution in [0.1, 0.15) is 197 Å².